The number of hydrogen-bond acceptors (Lipinski definition) is 6. The van der Waals surface area contributed by atoms with E-state index in [1.165, 1.54) is 18.3 Å². The Morgan fingerprint density at radius 1 is 1.36 bits per heavy atom. The molecule has 0 bridgehead atoms. The highest BCUT2D eigenvalue weighted by molar-refractivity contribution is 7.12. The van der Waals surface area contributed by atoms with Crippen molar-refractivity contribution in [3.8, 4) is 17.0 Å². The number of rotatable bonds is 6. The van der Waals surface area contributed by atoms with Gasteiger partial charge in [0.25, 0.3) is 0 Å². The molecule has 0 aliphatic heterocycles. The molecular weight excluding hydrogens is 338 g/mol. The molecule has 1 aromatic carbocycles. The summed E-state index contributed by atoms with van der Waals surface area (Å²) in [4.78, 5) is 16.7. The van der Waals surface area contributed by atoms with Gasteiger partial charge in [-0.15, -0.1) is 11.3 Å². The summed E-state index contributed by atoms with van der Waals surface area (Å²) in [5.41, 5.74) is 4.47. The predicted molar refractivity (Wildman–Crippen MR) is 96.1 cm³/mol. The molecule has 0 amide bonds. The van der Waals surface area contributed by atoms with E-state index in [0.29, 0.717) is 28.4 Å². The normalized spacial score (nSPS) is 12.2. The maximum atomic E-state index is 11.8. The van der Waals surface area contributed by atoms with Crippen molar-refractivity contribution < 1.29 is 14.6 Å². The summed E-state index contributed by atoms with van der Waals surface area (Å²) in [5.74, 6) is 0.750. The van der Waals surface area contributed by atoms with Crippen molar-refractivity contribution in [2.45, 2.75) is 26.5 Å². The SMILES string of the molecule is COc1ccc(Cn2cc(-c3ncsc3C(C)=O)c(C(C)O)n2)cc1. The summed E-state index contributed by atoms with van der Waals surface area (Å²) in [6.45, 7) is 3.72. The molecule has 7 heteroatoms. The zero-order chi connectivity index (χ0) is 18.0. The molecule has 130 valence electrons. The summed E-state index contributed by atoms with van der Waals surface area (Å²) < 4.78 is 6.92. The minimum atomic E-state index is -0.756. The van der Waals surface area contributed by atoms with E-state index in [1.54, 1.807) is 24.2 Å². The van der Waals surface area contributed by atoms with Gasteiger partial charge >= 0.3 is 0 Å². The largest absolute Gasteiger partial charge is 0.497 e. The first-order valence-corrected chi connectivity index (χ1v) is 8.70. The summed E-state index contributed by atoms with van der Waals surface area (Å²) in [7, 11) is 1.63. The Kier molecular flexibility index (Phi) is 4.96. The lowest BCUT2D eigenvalue weighted by atomic mass is 10.1. The number of carbonyl (C=O) groups excluding carboxylic acids is 1. The van der Waals surface area contributed by atoms with Crippen molar-refractivity contribution in [3.63, 3.8) is 0 Å². The van der Waals surface area contributed by atoms with Crippen molar-refractivity contribution in [2.24, 2.45) is 0 Å². The average molecular weight is 357 g/mol. The van der Waals surface area contributed by atoms with Crippen LogP contribution in [0.2, 0.25) is 0 Å². The van der Waals surface area contributed by atoms with E-state index in [1.807, 2.05) is 30.5 Å². The third-order valence-corrected chi connectivity index (χ3v) is 4.76. The van der Waals surface area contributed by atoms with Gasteiger partial charge in [0.15, 0.2) is 5.78 Å². The highest BCUT2D eigenvalue weighted by Gasteiger charge is 2.21. The highest BCUT2D eigenvalue weighted by Crippen LogP contribution is 2.31. The van der Waals surface area contributed by atoms with Crippen LogP contribution in [0.1, 0.15) is 40.9 Å². The van der Waals surface area contributed by atoms with Crippen LogP contribution in [0.25, 0.3) is 11.3 Å². The Morgan fingerprint density at radius 2 is 2.08 bits per heavy atom. The molecule has 0 saturated carbocycles. The van der Waals surface area contributed by atoms with Crippen LogP contribution in [-0.2, 0) is 6.54 Å². The molecule has 0 spiro atoms. The maximum Gasteiger partial charge on any atom is 0.171 e. The predicted octanol–water partition coefficient (Wildman–Crippen LogP) is 3.32. The minimum absolute atomic E-state index is 0.0445. The number of aliphatic hydroxyl groups is 1. The highest BCUT2D eigenvalue weighted by atomic mass is 32.1. The van der Waals surface area contributed by atoms with E-state index < -0.39 is 6.10 Å². The van der Waals surface area contributed by atoms with Gasteiger partial charge in [-0.25, -0.2) is 4.98 Å². The molecule has 0 aliphatic carbocycles. The van der Waals surface area contributed by atoms with Gasteiger partial charge in [-0.3, -0.25) is 9.48 Å². The number of benzene rings is 1. The molecule has 3 aromatic rings. The Balaban J connectivity index is 1.96. The second-order valence-electron chi connectivity index (χ2n) is 5.74. The summed E-state index contributed by atoms with van der Waals surface area (Å²) in [6, 6.07) is 7.71. The quantitative estimate of drug-likeness (QED) is 0.685. The van der Waals surface area contributed by atoms with Gasteiger partial charge in [0.1, 0.15) is 11.4 Å². The maximum absolute atomic E-state index is 11.8. The molecular formula is C18H19N3O3S. The van der Waals surface area contributed by atoms with Crippen LogP contribution in [0.4, 0.5) is 0 Å². The summed E-state index contributed by atoms with van der Waals surface area (Å²) in [6.07, 6.45) is 1.07. The fourth-order valence-corrected chi connectivity index (χ4v) is 3.32. The van der Waals surface area contributed by atoms with Crippen LogP contribution in [0.5, 0.6) is 5.75 Å². The Hall–Kier alpha value is -2.51. The molecule has 1 N–H and O–H groups in total. The number of nitrogens with zero attached hydrogens (tertiary/aromatic N) is 3. The lowest BCUT2D eigenvalue weighted by Crippen LogP contribution is -2.02. The van der Waals surface area contributed by atoms with Gasteiger partial charge in [0.05, 0.1) is 35.8 Å². The third kappa shape index (κ3) is 3.62. The molecule has 6 nitrogen and oxygen atoms in total. The first-order valence-electron chi connectivity index (χ1n) is 7.82. The van der Waals surface area contributed by atoms with Gasteiger partial charge < -0.3 is 9.84 Å². The van der Waals surface area contributed by atoms with Gasteiger partial charge in [-0.05, 0) is 24.6 Å². The van der Waals surface area contributed by atoms with E-state index in [4.69, 9.17) is 4.74 Å². The average Bonchev–Trinajstić information content (AvgIpc) is 3.22. The zero-order valence-electron chi connectivity index (χ0n) is 14.3. The third-order valence-electron chi connectivity index (χ3n) is 3.83. The van der Waals surface area contributed by atoms with Crippen LogP contribution in [-0.4, -0.2) is 32.8 Å². The standard InChI is InChI=1S/C18H19N3O3S/c1-11(22)16-15(17-18(12(2)23)25-10-19-17)9-21(20-16)8-13-4-6-14(24-3)7-5-13/h4-7,9-11,22H,8H2,1-3H3. The van der Waals surface area contributed by atoms with E-state index in [9.17, 15) is 9.90 Å². The van der Waals surface area contributed by atoms with E-state index in [-0.39, 0.29) is 5.78 Å². The summed E-state index contributed by atoms with van der Waals surface area (Å²) >= 11 is 1.30. The van der Waals surface area contributed by atoms with Crippen molar-refractivity contribution >= 4 is 17.1 Å². The molecule has 0 radical (unpaired) electrons. The van der Waals surface area contributed by atoms with Crippen LogP contribution >= 0.6 is 11.3 Å². The zero-order valence-corrected chi connectivity index (χ0v) is 15.1. The van der Waals surface area contributed by atoms with Gasteiger partial charge in [0, 0.05) is 18.7 Å². The number of carbonyl (C=O) groups is 1. The van der Waals surface area contributed by atoms with Gasteiger partial charge in [-0.1, -0.05) is 12.1 Å². The second-order valence-corrected chi connectivity index (χ2v) is 6.59. The molecule has 1 unspecified atom stereocenters. The van der Waals surface area contributed by atoms with Crippen LogP contribution in [0.15, 0.2) is 36.0 Å². The number of Topliss-reactive ketones (excluding diaryl/α,β-unsaturated/α-hetero) is 1. The van der Waals surface area contributed by atoms with Crippen molar-refractivity contribution in [2.75, 3.05) is 7.11 Å². The van der Waals surface area contributed by atoms with Crippen LogP contribution in [0.3, 0.4) is 0 Å². The smallest absolute Gasteiger partial charge is 0.171 e. The number of ether oxygens (including phenoxy) is 1. The number of aromatic nitrogens is 3. The lowest BCUT2D eigenvalue weighted by molar-refractivity contribution is 0.102. The van der Waals surface area contributed by atoms with Crippen LogP contribution < -0.4 is 4.74 Å². The molecule has 3 rings (SSSR count). The molecule has 25 heavy (non-hydrogen) atoms. The monoisotopic (exact) mass is 357 g/mol. The van der Waals surface area contributed by atoms with Crippen molar-refractivity contribution in [1.82, 2.24) is 14.8 Å². The molecule has 2 heterocycles. The second kappa shape index (κ2) is 7.16. The molecule has 0 fully saturated rings. The Labute approximate surface area is 149 Å². The lowest BCUT2D eigenvalue weighted by Gasteiger charge is -2.04. The molecule has 0 aliphatic rings. The van der Waals surface area contributed by atoms with E-state index in [0.717, 1.165) is 11.3 Å². The minimum Gasteiger partial charge on any atom is -0.497 e. The Morgan fingerprint density at radius 3 is 2.68 bits per heavy atom. The van der Waals surface area contributed by atoms with Crippen molar-refractivity contribution in [3.05, 3.63) is 52.1 Å². The number of thiazole rings is 1. The fourth-order valence-electron chi connectivity index (χ4n) is 2.61. The van der Waals surface area contributed by atoms with E-state index in [2.05, 4.69) is 10.1 Å². The number of aliphatic hydroxyl groups excluding tert-OH is 1. The number of methoxy groups -OCH3 is 1. The van der Waals surface area contributed by atoms with Gasteiger partial charge in [0.2, 0.25) is 0 Å². The fraction of sp³-hybridized carbons (Fsp3) is 0.278. The first-order chi connectivity index (χ1) is 12.0. The molecule has 1 atom stereocenters. The molecule has 2 aromatic heterocycles. The number of hydrogen-bond donors (Lipinski definition) is 1. The van der Waals surface area contributed by atoms with E-state index >= 15 is 0 Å². The first kappa shape index (κ1) is 17.3. The topological polar surface area (TPSA) is 77.2 Å². The number of ketones is 1. The van der Waals surface area contributed by atoms with Crippen LogP contribution in [0, 0.1) is 0 Å². The molecule has 0 saturated heterocycles. The Bertz CT molecular complexity index is 881. The van der Waals surface area contributed by atoms with Crippen molar-refractivity contribution in [1.29, 1.82) is 0 Å². The summed E-state index contributed by atoms with van der Waals surface area (Å²) in [5, 5.41) is 14.6. The van der Waals surface area contributed by atoms with Gasteiger partial charge in [-0.2, -0.15) is 5.10 Å².